The molecule has 0 aliphatic carbocycles. The topological polar surface area (TPSA) is 51.2 Å². The summed E-state index contributed by atoms with van der Waals surface area (Å²) >= 11 is 1.23. The fraction of sp³-hybridized carbons (Fsp3) is 0.304. The van der Waals surface area contributed by atoms with Crippen LogP contribution in [0.15, 0.2) is 48.7 Å². The highest BCUT2D eigenvalue weighted by Gasteiger charge is 2.30. The van der Waals surface area contributed by atoms with Crippen molar-refractivity contribution in [3.8, 4) is 5.75 Å². The third-order valence-electron chi connectivity index (χ3n) is 4.55. The Morgan fingerprint density at radius 2 is 1.87 bits per heavy atom. The molecule has 0 aliphatic heterocycles. The molecule has 164 valence electrons. The molecule has 1 unspecified atom stereocenters. The molecule has 2 aromatic carbocycles. The standard InChI is InChI=1S/C23H23F3N2O2S/c1-4-20(30-18-9-14(2)8-15(3)10-18)21(29)28-22-27-13-19(31-22)12-16-6-5-7-17(11-16)23(24,25)26/h5-11,13,20H,4,12H2,1-3H3,(H,27,28,29). The van der Waals surface area contributed by atoms with Crippen LogP contribution in [-0.4, -0.2) is 17.0 Å². The summed E-state index contributed by atoms with van der Waals surface area (Å²) in [5.41, 5.74) is 1.94. The van der Waals surface area contributed by atoms with Crippen molar-refractivity contribution in [3.63, 3.8) is 0 Å². The molecule has 1 atom stereocenters. The first-order valence-electron chi connectivity index (χ1n) is 9.80. The molecule has 0 saturated heterocycles. The van der Waals surface area contributed by atoms with Crippen LogP contribution in [0, 0.1) is 13.8 Å². The van der Waals surface area contributed by atoms with Gasteiger partial charge in [0, 0.05) is 17.5 Å². The molecule has 0 radical (unpaired) electrons. The number of nitrogens with zero attached hydrogens (tertiary/aromatic N) is 1. The number of ether oxygens (including phenoxy) is 1. The van der Waals surface area contributed by atoms with Gasteiger partial charge in [0.1, 0.15) is 5.75 Å². The fourth-order valence-electron chi connectivity index (χ4n) is 3.18. The van der Waals surface area contributed by atoms with Crippen LogP contribution >= 0.6 is 11.3 Å². The molecule has 0 saturated carbocycles. The summed E-state index contributed by atoms with van der Waals surface area (Å²) in [6.45, 7) is 5.78. The van der Waals surface area contributed by atoms with Crippen molar-refractivity contribution in [2.75, 3.05) is 5.32 Å². The lowest BCUT2D eigenvalue weighted by Crippen LogP contribution is -2.32. The summed E-state index contributed by atoms with van der Waals surface area (Å²) in [6, 6.07) is 11.0. The monoisotopic (exact) mass is 448 g/mol. The van der Waals surface area contributed by atoms with Crippen molar-refractivity contribution < 1.29 is 22.7 Å². The number of anilines is 1. The summed E-state index contributed by atoms with van der Waals surface area (Å²) in [6.07, 6.45) is -2.73. The maximum absolute atomic E-state index is 12.9. The minimum Gasteiger partial charge on any atom is -0.481 e. The lowest BCUT2D eigenvalue weighted by molar-refractivity contribution is -0.137. The minimum atomic E-state index is -4.38. The number of nitrogens with one attached hydrogen (secondary N) is 1. The number of thiazole rings is 1. The van der Waals surface area contributed by atoms with E-state index in [0.29, 0.717) is 29.3 Å². The lowest BCUT2D eigenvalue weighted by atomic mass is 10.1. The van der Waals surface area contributed by atoms with Gasteiger partial charge in [0.25, 0.3) is 5.91 Å². The zero-order chi connectivity index (χ0) is 22.6. The number of rotatable bonds is 7. The third kappa shape index (κ3) is 6.30. The van der Waals surface area contributed by atoms with Crippen molar-refractivity contribution in [1.29, 1.82) is 0 Å². The van der Waals surface area contributed by atoms with E-state index in [2.05, 4.69) is 10.3 Å². The van der Waals surface area contributed by atoms with Crippen molar-refractivity contribution >= 4 is 22.4 Å². The molecule has 0 aliphatic rings. The number of aromatic nitrogens is 1. The SMILES string of the molecule is CCC(Oc1cc(C)cc(C)c1)C(=O)Nc1ncc(Cc2cccc(C(F)(F)F)c2)s1. The van der Waals surface area contributed by atoms with Gasteiger partial charge in [-0.25, -0.2) is 4.98 Å². The highest BCUT2D eigenvalue weighted by Crippen LogP contribution is 2.30. The molecular weight excluding hydrogens is 425 g/mol. The summed E-state index contributed by atoms with van der Waals surface area (Å²) in [4.78, 5) is 17.6. The number of hydrogen-bond acceptors (Lipinski definition) is 4. The molecule has 1 amide bonds. The maximum Gasteiger partial charge on any atom is 0.416 e. The summed E-state index contributed by atoms with van der Waals surface area (Å²) in [5, 5.41) is 3.13. The van der Waals surface area contributed by atoms with Crippen molar-refractivity contribution in [2.45, 2.75) is 45.9 Å². The number of carbonyl (C=O) groups excluding carboxylic acids is 1. The van der Waals surface area contributed by atoms with Gasteiger partial charge in [0.05, 0.1) is 5.56 Å². The minimum absolute atomic E-state index is 0.299. The number of amides is 1. The number of halogens is 3. The van der Waals surface area contributed by atoms with Crippen LogP contribution < -0.4 is 10.1 Å². The predicted molar refractivity (Wildman–Crippen MR) is 116 cm³/mol. The van der Waals surface area contributed by atoms with Gasteiger partial charge in [-0.1, -0.05) is 31.2 Å². The quantitative estimate of drug-likeness (QED) is 0.471. The van der Waals surface area contributed by atoms with Gasteiger partial charge in [-0.05, 0) is 55.2 Å². The van der Waals surface area contributed by atoms with E-state index in [9.17, 15) is 18.0 Å². The zero-order valence-corrected chi connectivity index (χ0v) is 18.2. The predicted octanol–water partition coefficient (Wildman–Crippen LogP) is 6.17. The van der Waals surface area contributed by atoms with Gasteiger partial charge >= 0.3 is 6.18 Å². The number of alkyl halides is 3. The molecule has 0 spiro atoms. The first kappa shape index (κ1) is 22.8. The molecule has 0 fully saturated rings. The summed E-state index contributed by atoms with van der Waals surface area (Å²) < 4.78 is 44.5. The first-order chi connectivity index (χ1) is 14.6. The molecule has 1 heterocycles. The number of benzene rings is 2. The maximum atomic E-state index is 12.9. The number of aryl methyl sites for hydroxylation is 2. The summed E-state index contributed by atoms with van der Waals surface area (Å²) in [5.74, 6) is 0.311. The van der Waals surface area contributed by atoms with Gasteiger partial charge < -0.3 is 4.74 Å². The van der Waals surface area contributed by atoms with Gasteiger partial charge in [-0.2, -0.15) is 13.2 Å². The Morgan fingerprint density at radius 1 is 1.16 bits per heavy atom. The molecule has 1 aromatic heterocycles. The van der Waals surface area contributed by atoms with Gasteiger partial charge in [-0.3, -0.25) is 10.1 Å². The highest BCUT2D eigenvalue weighted by molar-refractivity contribution is 7.15. The van der Waals surface area contributed by atoms with E-state index in [-0.39, 0.29) is 5.91 Å². The van der Waals surface area contributed by atoms with Crippen LogP contribution in [0.2, 0.25) is 0 Å². The van der Waals surface area contributed by atoms with E-state index in [0.717, 1.165) is 28.1 Å². The van der Waals surface area contributed by atoms with Crippen molar-refractivity contribution in [2.24, 2.45) is 0 Å². The Labute approximate surface area is 183 Å². The molecule has 31 heavy (non-hydrogen) atoms. The van der Waals surface area contributed by atoms with Crippen molar-refractivity contribution in [3.05, 3.63) is 75.8 Å². The molecular formula is C23H23F3N2O2S. The van der Waals surface area contributed by atoms with E-state index in [4.69, 9.17) is 4.74 Å². The average molecular weight is 449 g/mol. The molecule has 1 N–H and O–H groups in total. The molecule has 3 aromatic rings. The highest BCUT2D eigenvalue weighted by atomic mass is 32.1. The Balaban J connectivity index is 1.65. The fourth-order valence-corrected chi connectivity index (χ4v) is 4.03. The van der Waals surface area contributed by atoms with Crippen molar-refractivity contribution in [1.82, 2.24) is 4.98 Å². The number of carbonyl (C=O) groups is 1. The lowest BCUT2D eigenvalue weighted by Gasteiger charge is -2.17. The molecule has 0 bridgehead atoms. The van der Waals surface area contributed by atoms with E-state index < -0.39 is 17.8 Å². The Morgan fingerprint density at radius 3 is 2.52 bits per heavy atom. The van der Waals surface area contributed by atoms with Crippen LogP contribution in [0.4, 0.5) is 18.3 Å². The first-order valence-corrected chi connectivity index (χ1v) is 10.6. The zero-order valence-electron chi connectivity index (χ0n) is 17.4. The van der Waals surface area contributed by atoms with Gasteiger partial charge in [0.15, 0.2) is 11.2 Å². The van der Waals surface area contributed by atoms with Crippen LogP contribution in [0.3, 0.4) is 0 Å². The Kier molecular flexibility index (Phi) is 7.00. The van der Waals surface area contributed by atoms with Crippen LogP contribution in [0.5, 0.6) is 5.75 Å². The molecule has 4 nitrogen and oxygen atoms in total. The smallest absolute Gasteiger partial charge is 0.416 e. The van der Waals surface area contributed by atoms with Crippen LogP contribution in [0.1, 0.15) is 40.5 Å². The van der Waals surface area contributed by atoms with E-state index in [1.165, 1.54) is 17.4 Å². The van der Waals surface area contributed by atoms with Gasteiger partial charge in [-0.15, -0.1) is 11.3 Å². The van der Waals surface area contributed by atoms with Crippen LogP contribution in [0.25, 0.3) is 0 Å². The second-order valence-electron chi connectivity index (χ2n) is 7.33. The normalized spacial score (nSPS) is 12.5. The number of hydrogen-bond donors (Lipinski definition) is 1. The Bertz CT molecular complexity index is 1040. The second-order valence-corrected chi connectivity index (χ2v) is 8.45. The second kappa shape index (κ2) is 9.51. The Hall–Kier alpha value is -2.87. The van der Waals surface area contributed by atoms with E-state index >= 15 is 0 Å². The van der Waals surface area contributed by atoms with E-state index in [1.54, 1.807) is 12.3 Å². The van der Waals surface area contributed by atoms with Crippen LogP contribution in [-0.2, 0) is 17.4 Å². The largest absolute Gasteiger partial charge is 0.481 e. The molecule has 8 heteroatoms. The van der Waals surface area contributed by atoms with Gasteiger partial charge in [0.2, 0.25) is 0 Å². The average Bonchev–Trinajstić information content (AvgIpc) is 3.11. The summed E-state index contributed by atoms with van der Waals surface area (Å²) in [7, 11) is 0. The molecule has 3 rings (SSSR count). The third-order valence-corrected chi connectivity index (χ3v) is 5.47. The van der Waals surface area contributed by atoms with E-state index in [1.807, 2.05) is 39.0 Å².